The van der Waals surface area contributed by atoms with Crippen LogP contribution in [0, 0.1) is 11.8 Å². The first kappa shape index (κ1) is 14.7. The van der Waals surface area contributed by atoms with E-state index in [1.165, 1.54) is 83.5 Å². The lowest BCUT2D eigenvalue weighted by molar-refractivity contribution is 0.158. The van der Waals surface area contributed by atoms with Gasteiger partial charge in [-0.3, -0.25) is 0 Å². The summed E-state index contributed by atoms with van der Waals surface area (Å²) >= 11 is 7.28. The van der Waals surface area contributed by atoms with Gasteiger partial charge in [-0.25, -0.2) is 0 Å². The molecular formula is C17H31Cl. The van der Waals surface area contributed by atoms with Crippen molar-refractivity contribution in [3.8, 4) is 0 Å². The number of unbranched alkanes of at least 4 members (excludes halogenated alkanes) is 1. The molecule has 0 N–H and O–H groups in total. The molecule has 18 heavy (non-hydrogen) atoms. The van der Waals surface area contributed by atoms with Crippen molar-refractivity contribution in [3.63, 3.8) is 0 Å². The standard InChI is InChI=1S/C17H31Cl/c1-2-3-14-17(18,15-10-6-4-7-11-15)16-12-8-5-9-13-16/h15-16H,2-14H2,1H3. The minimum Gasteiger partial charge on any atom is -0.119 e. The predicted molar refractivity (Wildman–Crippen MR) is 81.3 cm³/mol. The van der Waals surface area contributed by atoms with Crippen molar-refractivity contribution in [2.24, 2.45) is 11.8 Å². The molecule has 0 aromatic rings. The van der Waals surface area contributed by atoms with Crippen LogP contribution in [-0.2, 0) is 0 Å². The maximum absolute atomic E-state index is 7.28. The van der Waals surface area contributed by atoms with Gasteiger partial charge in [-0.1, -0.05) is 58.3 Å². The Morgan fingerprint density at radius 2 is 1.28 bits per heavy atom. The first-order chi connectivity index (χ1) is 8.77. The fourth-order valence-electron chi connectivity index (χ4n) is 4.35. The second-order valence-electron chi connectivity index (χ2n) is 6.70. The highest BCUT2D eigenvalue weighted by atomic mass is 35.5. The summed E-state index contributed by atoms with van der Waals surface area (Å²) in [6.45, 7) is 2.30. The Labute approximate surface area is 119 Å². The molecular weight excluding hydrogens is 240 g/mol. The van der Waals surface area contributed by atoms with Crippen molar-refractivity contribution < 1.29 is 0 Å². The van der Waals surface area contributed by atoms with Crippen LogP contribution in [-0.4, -0.2) is 4.87 Å². The highest BCUT2D eigenvalue weighted by Crippen LogP contribution is 2.49. The summed E-state index contributed by atoms with van der Waals surface area (Å²) in [6, 6.07) is 0. The van der Waals surface area contributed by atoms with Gasteiger partial charge in [-0.15, -0.1) is 11.6 Å². The molecule has 2 aliphatic rings. The molecule has 0 radical (unpaired) electrons. The Bertz CT molecular complexity index is 206. The third-order valence-electron chi connectivity index (χ3n) is 5.48. The van der Waals surface area contributed by atoms with Crippen LogP contribution in [0.1, 0.15) is 90.4 Å². The number of hydrogen-bond donors (Lipinski definition) is 0. The molecule has 0 bridgehead atoms. The largest absolute Gasteiger partial charge is 0.119 e. The fraction of sp³-hybridized carbons (Fsp3) is 1.00. The molecule has 2 fully saturated rings. The van der Waals surface area contributed by atoms with Gasteiger partial charge in [0.25, 0.3) is 0 Å². The van der Waals surface area contributed by atoms with E-state index in [0.29, 0.717) is 0 Å². The highest BCUT2D eigenvalue weighted by Gasteiger charge is 2.43. The van der Waals surface area contributed by atoms with Crippen molar-refractivity contribution in [3.05, 3.63) is 0 Å². The van der Waals surface area contributed by atoms with Crippen LogP contribution in [0.4, 0.5) is 0 Å². The van der Waals surface area contributed by atoms with Crippen molar-refractivity contribution in [1.82, 2.24) is 0 Å². The molecule has 0 aromatic heterocycles. The molecule has 0 amide bonds. The molecule has 0 atom stereocenters. The maximum Gasteiger partial charge on any atom is 0.0503 e. The molecule has 2 aliphatic carbocycles. The van der Waals surface area contributed by atoms with Gasteiger partial charge in [0.05, 0.1) is 4.87 Å². The van der Waals surface area contributed by atoms with Gasteiger partial charge in [0.15, 0.2) is 0 Å². The summed E-state index contributed by atoms with van der Waals surface area (Å²) in [7, 11) is 0. The van der Waals surface area contributed by atoms with E-state index in [1.807, 2.05) is 0 Å². The summed E-state index contributed by atoms with van der Waals surface area (Å²) < 4.78 is 0. The van der Waals surface area contributed by atoms with Crippen LogP contribution >= 0.6 is 11.6 Å². The number of rotatable bonds is 5. The summed E-state index contributed by atoms with van der Waals surface area (Å²) in [6.07, 6.45) is 18.1. The summed E-state index contributed by atoms with van der Waals surface area (Å²) in [5.74, 6) is 1.64. The molecule has 2 rings (SSSR count). The van der Waals surface area contributed by atoms with Crippen LogP contribution in [0.5, 0.6) is 0 Å². The second kappa shape index (κ2) is 7.17. The summed E-state index contributed by atoms with van der Waals surface area (Å²) in [5, 5.41) is 0. The zero-order valence-electron chi connectivity index (χ0n) is 12.2. The Balaban J connectivity index is 2.04. The van der Waals surface area contributed by atoms with Gasteiger partial charge >= 0.3 is 0 Å². The molecule has 1 heteroatoms. The van der Waals surface area contributed by atoms with Crippen LogP contribution in [0.2, 0.25) is 0 Å². The van der Waals surface area contributed by atoms with Crippen LogP contribution in [0.15, 0.2) is 0 Å². The first-order valence-electron chi connectivity index (χ1n) is 8.46. The molecule has 0 nitrogen and oxygen atoms in total. The van der Waals surface area contributed by atoms with Gasteiger partial charge in [0, 0.05) is 0 Å². The third-order valence-corrected chi connectivity index (χ3v) is 6.29. The van der Waals surface area contributed by atoms with Gasteiger partial charge in [-0.2, -0.15) is 0 Å². The summed E-state index contributed by atoms with van der Waals surface area (Å²) in [5.41, 5.74) is 0. The Morgan fingerprint density at radius 1 is 0.833 bits per heavy atom. The Morgan fingerprint density at radius 3 is 1.67 bits per heavy atom. The molecule has 0 heterocycles. The Kier molecular flexibility index (Phi) is 5.86. The van der Waals surface area contributed by atoms with Crippen LogP contribution < -0.4 is 0 Å². The molecule has 0 saturated heterocycles. The van der Waals surface area contributed by atoms with E-state index in [1.54, 1.807) is 0 Å². The summed E-state index contributed by atoms with van der Waals surface area (Å²) in [4.78, 5) is 0.164. The number of halogens is 1. The number of hydrogen-bond acceptors (Lipinski definition) is 0. The average molecular weight is 271 g/mol. The molecule has 106 valence electrons. The second-order valence-corrected chi connectivity index (χ2v) is 7.40. The van der Waals surface area contributed by atoms with E-state index in [2.05, 4.69) is 6.92 Å². The molecule has 2 saturated carbocycles. The average Bonchev–Trinajstić information content (AvgIpc) is 2.46. The van der Waals surface area contributed by atoms with Crippen LogP contribution in [0.3, 0.4) is 0 Å². The van der Waals surface area contributed by atoms with E-state index in [4.69, 9.17) is 11.6 Å². The quantitative estimate of drug-likeness (QED) is 0.513. The fourth-order valence-corrected chi connectivity index (χ4v) is 4.92. The third kappa shape index (κ3) is 3.44. The zero-order valence-corrected chi connectivity index (χ0v) is 13.0. The normalized spacial score (nSPS) is 24.3. The highest BCUT2D eigenvalue weighted by molar-refractivity contribution is 6.24. The van der Waals surface area contributed by atoms with E-state index in [-0.39, 0.29) is 4.87 Å². The minimum atomic E-state index is 0.164. The smallest absolute Gasteiger partial charge is 0.0503 e. The topological polar surface area (TPSA) is 0 Å². The molecule has 0 aliphatic heterocycles. The lowest BCUT2D eigenvalue weighted by atomic mass is 9.67. The molecule has 0 unspecified atom stereocenters. The zero-order chi connectivity index (χ0) is 12.8. The SMILES string of the molecule is CCCCC(Cl)(C1CCCCC1)C1CCCCC1. The van der Waals surface area contributed by atoms with Crippen LogP contribution in [0.25, 0.3) is 0 Å². The Hall–Kier alpha value is 0.290. The maximum atomic E-state index is 7.28. The van der Waals surface area contributed by atoms with E-state index in [0.717, 1.165) is 11.8 Å². The molecule has 0 aromatic carbocycles. The monoisotopic (exact) mass is 270 g/mol. The predicted octanol–water partition coefficient (Wildman–Crippen LogP) is 6.31. The van der Waals surface area contributed by atoms with E-state index >= 15 is 0 Å². The van der Waals surface area contributed by atoms with E-state index in [9.17, 15) is 0 Å². The van der Waals surface area contributed by atoms with Crippen molar-refractivity contribution in [2.45, 2.75) is 95.3 Å². The van der Waals surface area contributed by atoms with Crippen molar-refractivity contribution in [2.75, 3.05) is 0 Å². The van der Waals surface area contributed by atoms with Gasteiger partial charge in [-0.05, 0) is 43.9 Å². The van der Waals surface area contributed by atoms with Gasteiger partial charge in [0.1, 0.15) is 0 Å². The van der Waals surface area contributed by atoms with E-state index < -0.39 is 0 Å². The van der Waals surface area contributed by atoms with Crippen molar-refractivity contribution in [1.29, 1.82) is 0 Å². The lowest BCUT2D eigenvalue weighted by Gasteiger charge is -2.45. The lowest BCUT2D eigenvalue weighted by Crippen LogP contribution is -2.42. The van der Waals surface area contributed by atoms with Crippen molar-refractivity contribution >= 4 is 11.6 Å². The minimum absolute atomic E-state index is 0.164. The van der Waals surface area contributed by atoms with Gasteiger partial charge in [0.2, 0.25) is 0 Å². The first-order valence-corrected chi connectivity index (χ1v) is 8.84. The molecule has 0 spiro atoms. The van der Waals surface area contributed by atoms with Gasteiger partial charge < -0.3 is 0 Å². The number of alkyl halides is 1.